The number of nitrogens with one attached hydrogen (secondary N) is 1. The predicted octanol–water partition coefficient (Wildman–Crippen LogP) is 10.00. The molecule has 0 aliphatic heterocycles. The number of benzene rings is 2. The Morgan fingerprint density at radius 3 is 1.70 bits per heavy atom. The molecule has 2 aromatic carbocycles. The fraction of sp³-hybridized carbons (Fsp3) is 0.571. The number of aryl methyl sites for hydroxylation is 1. The Balaban J connectivity index is 1.26. The Bertz CT molecular complexity index is 879. The molecule has 0 bridgehead atoms. The van der Waals surface area contributed by atoms with Crippen LogP contribution in [0.2, 0.25) is 5.02 Å². The second-order valence-corrected chi connectivity index (χ2v) is 9.48. The summed E-state index contributed by atoms with van der Waals surface area (Å²) in [5.41, 5.74) is 3.82. The summed E-state index contributed by atoms with van der Waals surface area (Å²) in [6.45, 7) is 2.29. The highest BCUT2D eigenvalue weighted by Gasteiger charge is 2.06. The van der Waals surface area contributed by atoms with Gasteiger partial charge in [-0.3, -0.25) is 0 Å². The normalized spacial score (nSPS) is 11.7. The quantitative estimate of drug-likeness (QED) is 0.233. The van der Waals surface area contributed by atoms with E-state index < -0.39 is 0 Å². The van der Waals surface area contributed by atoms with E-state index in [1.165, 1.54) is 124 Å². The van der Waals surface area contributed by atoms with Crippen molar-refractivity contribution in [3.8, 4) is 0 Å². The highest BCUT2D eigenvalue weighted by molar-refractivity contribution is 6.31. The maximum atomic E-state index is 6.20. The van der Waals surface area contributed by atoms with E-state index in [9.17, 15) is 0 Å². The Hall–Kier alpha value is -1.47. The molecule has 0 amide bonds. The molecule has 0 atom stereocenters. The second kappa shape index (κ2) is 13.1. The summed E-state index contributed by atoms with van der Waals surface area (Å²) in [7, 11) is 0. The molecule has 1 aromatic heterocycles. The molecule has 0 aliphatic rings. The van der Waals surface area contributed by atoms with Crippen molar-refractivity contribution in [2.45, 2.75) is 103 Å². The van der Waals surface area contributed by atoms with Crippen molar-refractivity contribution in [1.82, 2.24) is 4.98 Å². The minimum atomic E-state index is 0.806. The molecule has 0 saturated heterocycles. The van der Waals surface area contributed by atoms with Crippen LogP contribution in [0.4, 0.5) is 0 Å². The van der Waals surface area contributed by atoms with Gasteiger partial charge >= 0.3 is 0 Å². The van der Waals surface area contributed by atoms with Crippen molar-refractivity contribution in [3.05, 3.63) is 47.0 Å². The molecule has 0 fully saturated rings. The van der Waals surface area contributed by atoms with Crippen LogP contribution < -0.4 is 0 Å². The van der Waals surface area contributed by atoms with Gasteiger partial charge in [0.1, 0.15) is 0 Å². The number of aromatic amines is 1. The fourth-order valence-corrected chi connectivity index (χ4v) is 4.77. The lowest BCUT2D eigenvalue weighted by molar-refractivity contribution is 0.535. The number of H-pyrrole nitrogens is 1. The predicted molar refractivity (Wildman–Crippen MR) is 135 cm³/mol. The standard InChI is InChI=1S/C28H40ClN/c1-2-3-4-5-6-7-8-9-10-11-12-13-14-15-16-23-17-19-27-25(21-23)26-22-24(29)18-20-28(26)30-27/h17-22,30H,2-16H2,1H3. The highest BCUT2D eigenvalue weighted by atomic mass is 35.5. The number of halogens is 1. The van der Waals surface area contributed by atoms with Crippen LogP contribution in [0.3, 0.4) is 0 Å². The van der Waals surface area contributed by atoms with E-state index in [1.807, 2.05) is 6.07 Å². The second-order valence-electron chi connectivity index (χ2n) is 9.04. The van der Waals surface area contributed by atoms with E-state index >= 15 is 0 Å². The van der Waals surface area contributed by atoms with E-state index in [1.54, 1.807) is 0 Å². The highest BCUT2D eigenvalue weighted by Crippen LogP contribution is 2.29. The lowest BCUT2D eigenvalue weighted by Gasteiger charge is -2.04. The van der Waals surface area contributed by atoms with Gasteiger partial charge in [-0.15, -0.1) is 0 Å². The summed E-state index contributed by atoms with van der Waals surface area (Å²) in [6, 6.07) is 13.0. The molecule has 0 aliphatic carbocycles. The molecule has 3 rings (SSSR count). The number of hydrogen-bond acceptors (Lipinski definition) is 0. The molecule has 164 valence electrons. The molecule has 1 heterocycles. The summed E-state index contributed by atoms with van der Waals surface area (Å²) in [5.74, 6) is 0. The Kier molecular flexibility index (Phi) is 10.1. The van der Waals surface area contributed by atoms with Gasteiger partial charge in [0.2, 0.25) is 0 Å². The van der Waals surface area contributed by atoms with Gasteiger partial charge < -0.3 is 4.98 Å². The largest absolute Gasteiger partial charge is 0.355 e. The molecule has 1 N–H and O–H groups in total. The number of hydrogen-bond donors (Lipinski definition) is 1. The van der Waals surface area contributed by atoms with Crippen LogP contribution in [0.25, 0.3) is 21.8 Å². The number of rotatable bonds is 15. The molecule has 0 spiro atoms. The molecule has 0 radical (unpaired) electrons. The molecular weight excluding hydrogens is 386 g/mol. The van der Waals surface area contributed by atoms with Crippen LogP contribution in [0, 0.1) is 0 Å². The Morgan fingerprint density at radius 1 is 0.600 bits per heavy atom. The van der Waals surface area contributed by atoms with Crippen molar-refractivity contribution >= 4 is 33.4 Å². The van der Waals surface area contributed by atoms with Crippen LogP contribution in [0.5, 0.6) is 0 Å². The smallest absolute Gasteiger partial charge is 0.0465 e. The summed E-state index contributed by atoms with van der Waals surface area (Å²) in [5, 5.41) is 3.34. The lowest BCUT2D eigenvalue weighted by atomic mass is 10.0. The first kappa shape index (κ1) is 23.2. The van der Waals surface area contributed by atoms with Gasteiger partial charge in [0.25, 0.3) is 0 Å². The van der Waals surface area contributed by atoms with Gasteiger partial charge in [0, 0.05) is 26.8 Å². The maximum absolute atomic E-state index is 6.20. The molecule has 30 heavy (non-hydrogen) atoms. The first-order chi connectivity index (χ1) is 14.8. The van der Waals surface area contributed by atoms with Gasteiger partial charge in [-0.25, -0.2) is 0 Å². The monoisotopic (exact) mass is 425 g/mol. The van der Waals surface area contributed by atoms with Gasteiger partial charge in [-0.05, 0) is 48.7 Å². The van der Waals surface area contributed by atoms with E-state index in [0.717, 1.165) is 5.02 Å². The summed E-state index contributed by atoms with van der Waals surface area (Å²) >= 11 is 6.20. The van der Waals surface area contributed by atoms with Gasteiger partial charge in [0.15, 0.2) is 0 Å². The fourth-order valence-electron chi connectivity index (χ4n) is 4.60. The Morgan fingerprint density at radius 2 is 1.10 bits per heavy atom. The zero-order valence-electron chi connectivity index (χ0n) is 18.9. The molecule has 2 heteroatoms. The molecule has 0 saturated carbocycles. The maximum Gasteiger partial charge on any atom is 0.0465 e. The van der Waals surface area contributed by atoms with Crippen LogP contribution in [-0.4, -0.2) is 4.98 Å². The van der Waals surface area contributed by atoms with Gasteiger partial charge in [-0.1, -0.05) is 108 Å². The van der Waals surface area contributed by atoms with Crippen molar-refractivity contribution in [3.63, 3.8) is 0 Å². The third-order valence-corrected chi connectivity index (χ3v) is 6.68. The number of fused-ring (bicyclic) bond motifs is 3. The van der Waals surface area contributed by atoms with Gasteiger partial charge in [0.05, 0.1) is 0 Å². The minimum absolute atomic E-state index is 0.806. The summed E-state index contributed by atoms with van der Waals surface area (Å²) in [6.07, 6.45) is 21.0. The molecule has 1 nitrogen and oxygen atoms in total. The Labute approximate surface area is 188 Å². The van der Waals surface area contributed by atoms with Crippen molar-refractivity contribution in [2.75, 3.05) is 0 Å². The first-order valence-electron chi connectivity index (χ1n) is 12.5. The summed E-state index contributed by atoms with van der Waals surface area (Å²) < 4.78 is 0. The van der Waals surface area contributed by atoms with E-state index in [2.05, 4.69) is 42.2 Å². The van der Waals surface area contributed by atoms with Crippen molar-refractivity contribution in [1.29, 1.82) is 0 Å². The topological polar surface area (TPSA) is 15.8 Å². The minimum Gasteiger partial charge on any atom is -0.355 e. The van der Waals surface area contributed by atoms with E-state index in [0.29, 0.717) is 0 Å². The number of unbranched alkanes of at least 4 members (excludes halogenated alkanes) is 13. The van der Waals surface area contributed by atoms with Crippen molar-refractivity contribution in [2.24, 2.45) is 0 Å². The van der Waals surface area contributed by atoms with Crippen molar-refractivity contribution < 1.29 is 0 Å². The van der Waals surface area contributed by atoms with Gasteiger partial charge in [-0.2, -0.15) is 0 Å². The average molecular weight is 426 g/mol. The van der Waals surface area contributed by atoms with Crippen LogP contribution in [0.15, 0.2) is 36.4 Å². The summed E-state index contributed by atoms with van der Waals surface area (Å²) in [4.78, 5) is 3.49. The van der Waals surface area contributed by atoms with Crippen LogP contribution in [0.1, 0.15) is 102 Å². The third-order valence-electron chi connectivity index (χ3n) is 6.44. The first-order valence-corrected chi connectivity index (χ1v) is 12.9. The average Bonchev–Trinajstić information content (AvgIpc) is 3.11. The lowest BCUT2D eigenvalue weighted by Crippen LogP contribution is -1.87. The third kappa shape index (κ3) is 7.34. The SMILES string of the molecule is CCCCCCCCCCCCCCCCc1ccc2[nH]c3ccc(Cl)cc3c2c1. The van der Waals surface area contributed by atoms with Crippen LogP contribution in [-0.2, 0) is 6.42 Å². The zero-order chi connectivity index (χ0) is 21.0. The van der Waals surface area contributed by atoms with E-state index in [-0.39, 0.29) is 0 Å². The zero-order valence-corrected chi connectivity index (χ0v) is 19.7. The van der Waals surface area contributed by atoms with Crippen LogP contribution >= 0.6 is 11.6 Å². The number of aromatic nitrogens is 1. The molecular formula is C28H40ClN. The molecule has 0 unspecified atom stereocenters. The molecule has 3 aromatic rings. The van der Waals surface area contributed by atoms with E-state index in [4.69, 9.17) is 11.6 Å².